The van der Waals surface area contributed by atoms with Crippen LogP contribution in [-0.4, -0.2) is 24.5 Å². The monoisotopic (exact) mass is 748 g/mol. The van der Waals surface area contributed by atoms with Gasteiger partial charge in [0.2, 0.25) is 0 Å². The summed E-state index contributed by atoms with van der Waals surface area (Å²) in [6.45, 7) is 25.6. The van der Waals surface area contributed by atoms with Crippen molar-refractivity contribution in [2.24, 2.45) is 9.98 Å². The van der Waals surface area contributed by atoms with Gasteiger partial charge < -0.3 is 10.2 Å². The number of rotatable bonds is 4. The molecule has 0 amide bonds. The van der Waals surface area contributed by atoms with Crippen LogP contribution in [0.3, 0.4) is 0 Å². The van der Waals surface area contributed by atoms with E-state index in [2.05, 4.69) is 95.2 Å². The maximum Gasteiger partial charge on any atom is 3.00 e. The number of hydrogen-bond donors (Lipinski definition) is 0. The Morgan fingerprint density at radius 1 is 0.562 bits per heavy atom. The molecule has 0 radical (unpaired) electrons. The largest absolute Gasteiger partial charge is 3.00 e. The number of benzene rings is 2. The minimum Gasteiger partial charge on any atom is 3.00 e. The standard InChI is InChI=1S/C36H54N2O2.Co.F6P/c1-33(2,3)25-17-23(31(39)27(19-25)35(7,8)9)21-37-29-15-13-14-16-30(29)38-22-24-18-26(34(4,5)6)20-28(32(24)40)36(10,11)12;;1-7(2,3,4,5)6/h17-22,29-30,39-40H,13-16H2,1-12H3;;/q;+3;-1/p-2. The van der Waals surface area contributed by atoms with Crippen molar-refractivity contribution in [3.05, 3.63) is 57.6 Å². The van der Waals surface area contributed by atoms with E-state index in [-0.39, 0.29) is 62.0 Å². The van der Waals surface area contributed by atoms with Crippen LogP contribution in [0.15, 0.2) is 34.3 Å². The van der Waals surface area contributed by atoms with Crippen LogP contribution in [0.4, 0.5) is 25.2 Å². The van der Waals surface area contributed by atoms with Crippen molar-refractivity contribution in [2.75, 3.05) is 0 Å². The minimum absolute atomic E-state index is 0. The fourth-order valence-electron chi connectivity index (χ4n) is 5.27. The molecular formula is C36H52CoF6N2O2P. The molecule has 0 spiro atoms. The van der Waals surface area contributed by atoms with Gasteiger partial charge >= 0.3 is 49.8 Å². The second-order valence-electron chi connectivity index (χ2n) is 16.8. The predicted octanol–water partition coefficient (Wildman–Crippen LogP) is 11.3. The quantitative estimate of drug-likeness (QED) is 0.177. The van der Waals surface area contributed by atoms with Gasteiger partial charge in [-0.2, -0.15) is 0 Å². The average molecular weight is 749 g/mol. The van der Waals surface area contributed by atoms with Gasteiger partial charge in [0.1, 0.15) is 0 Å². The van der Waals surface area contributed by atoms with Gasteiger partial charge in [0, 0.05) is 12.4 Å². The van der Waals surface area contributed by atoms with Crippen LogP contribution in [0.2, 0.25) is 0 Å². The molecule has 2 atom stereocenters. The molecule has 4 nitrogen and oxygen atoms in total. The fraction of sp³-hybridized carbons (Fsp3) is 0.611. The van der Waals surface area contributed by atoms with Gasteiger partial charge in [-0.1, -0.05) is 132 Å². The van der Waals surface area contributed by atoms with E-state index in [0.29, 0.717) is 11.1 Å². The van der Waals surface area contributed by atoms with Crippen LogP contribution in [0.25, 0.3) is 0 Å². The third kappa shape index (κ3) is 14.4. The minimum atomic E-state index is -10.7. The Kier molecular flexibility index (Phi) is 12.7. The first-order valence-electron chi connectivity index (χ1n) is 16.0. The Morgan fingerprint density at radius 2 is 0.833 bits per heavy atom. The van der Waals surface area contributed by atoms with Gasteiger partial charge in [-0.15, -0.1) is 0 Å². The SMILES string of the molecule is CC(C)(C)c1cc(C=NC2CCCCC2N=Cc2cc(C(C)(C)C)cc(C(C)(C)C)c2[O-])c([O-])c(C(C)(C)C)c1.F[P-](F)(F)(F)(F)F.[Co+3]. The van der Waals surface area contributed by atoms with Crippen LogP contribution in [0.1, 0.15) is 142 Å². The van der Waals surface area contributed by atoms with Crippen molar-refractivity contribution < 1.29 is 52.2 Å². The van der Waals surface area contributed by atoms with E-state index < -0.39 is 7.81 Å². The van der Waals surface area contributed by atoms with Crippen molar-refractivity contribution in [1.29, 1.82) is 0 Å². The predicted molar refractivity (Wildman–Crippen MR) is 181 cm³/mol. The molecule has 1 aliphatic rings. The summed E-state index contributed by atoms with van der Waals surface area (Å²) in [5.74, 6) is 0.120. The molecule has 48 heavy (non-hydrogen) atoms. The Hall–Kier alpha value is -2.10. The van der Waals surface area contributed by atoms with E-state index in [1.165, 1.54) is 0 Å². The molecular weight excluding hydrogens is 696 g/mol. The van der Waals surface area contributed by atoms with Crippen molar-refractivity contribution >= 4 is 20.2 Å². The molecule has 0 aromatic heterocycles. The van der Waals surface area contributed by atoms with Gasteiger partial charge in [0.25, 0.3) is 0 Å². The molecule has 2 aromatic carbocycles. The van der Waals surface area contributed by atoms with E-state index >= 15 is 0 Å². The smallest absolute Gasteiger partial charge is 3.00 e. The summed E-state index contributed by atoms with van der Waals surface area (Å²) in [6.07, 6.45) is 7.63. The van der Waals surface area contributed by atoms with Crippen molar-refractivity contribution in [2.45, 2.75) is 143 Å². The second-order valence-corrected chi connectivity index (χ2v) is 18.7. The van der Waals surface area contributed by atoms with Gasteiger partial charge in [-0.3, -0.25) is 9.98 Å². The van der Waals surface area contributed by atoms with Gasteiger partial charge in [0.05, 0.1) is 12.1 Å². The topological polar surface area (TPSA) is 70.8 Å². The summed E-state index contributed by atoms with van der Waals surface area (Å²) >= 11 is 0. The molecule has 12 heteroatoms. The van der Waals surface area contributed by atoms with E-state index in [1.54, 1.807) is 12.4 Å². The molecule has 2 unspecified atom stereocenters. The number of hydrogen-bond acceptors (Lipinski definition) is 4. The Morgan fingerprint density at radius 3 is 1.06 bits per heavy atom. The average Bonchev–Trinajstić information content (AvgIpc) is 2.83. The molecule has 0 bridgehead atoms. The molecule has 1 aliphatic carbocycles. The van der Waals surface area contributed by atoms with Gasteiger partial charge in [0.15, 0.2) is 0 Å². The maximum atomic E-state index is 13.5. The summed E-state index contributed by atoms with van der Waals surface area (Å²) in [5, 5.41) is 26.9. The first-order valence-corrected chi connectivity index (χ1v) is 18.0. The van der Waals surface area contributed by atoms with Crippen LogP contribution in [-0.2, 0) is 38.4 Å². The Labute approximate surface area is 293 Å². The van der Waals surface area contributed by atoms with Crippen LogP contribution in [0.5, 0.6) is 11.5 Å². The molecule has 0 aliphatic heterocycles. The Balaban J connectivity index is 0.00000130. The van der Waals surface area contributed by atoms with E-state index in [0.717, 1.165) is 47.9 Å². The van der Waals surface area contributed by atoms with E-state index in [1.807, 2.05) is 12.1 Å². The maximum absolute atomic E-state index is 13.5. The molecule has 0 N–H and O–H groups in total. The van der Waals surface area contributed by atoms with Crippen molar-refractivity contribution in [1.82, 2.24) is 0 Å². The van der Waals surface area contributed by atoms with Gasteiger partial charge in [-0.05, 0) is 67.9 Å². The first kappa shape index (κ1) is 43.9. The number of halogens is 6. The molecule has 3 rings (SSSR count). The van der Waals surface area contributed by atoms with E-state index in [9.17, 15) is 35.4 Å². The van der Waals surface area contributed by atoms with E-state index in [4.69, 9.17) is 9.98 Å². The zero-order chi connectivity index (χ0) is 36.7. The molecule has 1 fully saturated rings. The summed E-state index contributed by atoms with van der Waals surface area (Å²) in [6, 6.07) is 8.15. The van der Waals surface area contributed by atoms with Crippen molar-refractivity contribution in [3.63, 3.8) is 0 Å². The fourth-order valence-corrected chi connectivity index (χ4v) is 5.27. The normalized spacial score (nSPS) is 19.7. The molecule has 0 heterocycles. The number of aliphatic imine (C=N–C) groups is 2. The van der Waals surface area contributed by atoms with Gasteiger partial charge in [-0.25, -0.2) is 0 Å². The van der Waals surface area contributed by atoms with Crippen molar-refractivity contribution in [3.8, 4) is 11.5 Å². The van der Waals surface area contributed by atoms with Crippen LogP contribution in [0, 0.1) is 0 Å². The third-order valence-corrected chi connectivity index (χ3v) is 8.09. The Bertz CT molecular complexity index is 1390. The molecule has 1 saturated carbocycles. The zero-order valence-electron chi connectivity index (χ0n) is 30.2. The number of nitrogens with zero attached hydrogens (tertiary/aromatic N) is 2. The summed E-state index contributed by atoms with van der Waals surface area (Å²) in [7, 11) is -10.7. The molecule has 0 saturated heterocycles. The molecule has 274 valence electrons. The second kappa shape index (κ2) is 13.9. The summed E-state index contributed by atoms with van der Waals surface area (Å²) in [5.41, 5.74) is 4.62. The third-order valence-electron chi connectivity index (χ3n) is 8.09. The summed E-state index contributed by atoms with van der Waals surface area (Å²) in [4.78, 5) is 9.95. The first-order chi connectivity index (χ1) is 20.6. The van der Waals surface area contributed by atoms with Crippen LogP contribution >= 0.6 is 7.81 Å². The summed E-state index contributed by atoms with van der Waals surface area (Å²) < 4.78 is 59.2. The van der Waals surface area contributed by atoms with Crippen LogP contribution < -0.4 is 10.2 Å². The zero-order valence-corrected chi connectivity index (χ0v) is 32.1. The molecule has 2 aromatic rings.